The van der Waals surface area contributed by atoms with E-state index in [1.807, 2.05) is 0 Å². The fraction of sp³-hybridized carbons (Fsp3) is 0.345. The number of esters is 1. The first-order valence-corrected chi connectivity index (χ1v) is 13.9. The molecule has 0 saturated carbocycles. The van der Waals surface area contributed by atoms with Gasteiger partial charge in [0.25, 0.3) is 0 Å². The van der Waals surface area contributed by atoms with E-state index >= 15 is 0 Å². The number of unbranched alkanes of at least 4 members (excludes halogenated alkanes) is 6. The molecule has 0 radical (unpaired) electrons. The van der Waals surface area contributed by atoms with E-state index in [1.165, 1.54) is 61.3 Å². The minimum atomic E-state index is -1.69. The van der Waals surface area contributed by atoms with Crippen LogP contribution in [0, 0.1) is 0 Å². The Kier molecular flexibility index (Phi) is 12.7. The van der Waals surface area contributed by atoms with Crippen LogP contribution in [0.3, 0.4) is 0 Å². The maximum atomic E-state index is 11.2. The van der Waals surface area contributed by atoms with E-state index < -0.39 is 7.26 Å². The third-order valence-corrected chi connectivity index (χ3v) is 10.7. The van der Waals surface area contributed by atoms with E-state index in [2.05, 4.69) is 91.0 Å². The van der Waals surface area contributed by atoms with Gasteiger partial charge in [0.15, 0.2) is 0 Å². The van der Waals surface area contributed by atoms with Crippen LogP contribution in [0.2, 0.25) is 0 Å². The standard InChI is InChI=1S/C29H36O2P.HI/c1-31-29(30)24-16-5-3-2-4-6-17-25-32(26-18-10-7-11-19-26,27-20-12-8-13-21-27)28-22-14-9-15-23-28;/h7-15,18-23H,2-6,16-17,24-25H2,1H3;1H/q+1;/p-1. The molecule has 0 bridgehead atoms. The number of hydrogen-bond acceptors (Lipinski definition) is 2. The fourth-order valence-electron chi connectivity index (χ4n) is 4.49. The van der Waals surface area contributed by atoms with E-state index in [9.17, 15) is 4.79 Å². The lowest BCUT2D eigenvalue weighted by atomic mass is 10.1. The van der Waals surface area contributed by atoms with Gasteiger partial charge in [0.2, 0.25) is 0 Å². The highest BCUT2D eigenvalue weighted by molar-refractivity contribution is 7.95. The van der Waals surface area contributed by atoms with Gasteiger partial charge in [-0.2, -0.15) is 0 Å². The quantitative estimate of drug-likeness (QED) is 0.136. The van der Waals surface area contributed by atoms with Crippen molar-refractivity contribution in [3.05, 3.63) is 91.0 Å². The van der Waals surface area contributed by atoms with E-state index in [1.54, 1.807) is 0 Å². The van der Waals surface area contributed by atoms with Gasteiger partial charge in [-0.05, 0) is 55.7 Å². The molecule has 0 unspecified atom stereocenters. The van der Waals surface area contributed by atoms with Crippen molar-refractivity contribution in [1.29, 1.82) is 0 Å². The summed E-state index contributed by atoms with van der Waals surface area (Å²) in [5.74, 6) is -0.0898. The summed E-state index contributed by atoms with van der Waals surface area (Å²) >= 11 is 0. The Bertz CT molecular complexity index is 819. The van der Waals surface area contributed by atoms with Crippen LogP contribution < -0.4 is 39.9 Å². The van der Waals surface area contributed by atoms with Crippen molar-refractivity contribution in [2.45, 2.75) is 51.4 Å². The van der Waals surface area contributed by atoms with E-state index in [4.69, 9.17) is 4.74 Å². The lowest BCUT2D eigenvalue weighted by Crippen LogP contribution is -3.00. The molecule has 3 aromatic rings. The van der Waals surface area contributed by atoms with Crippen molar-refractivity contribution in [3.63, 3.8) is 0 Å². The Morgan fingerprint density at radius 3 is 1.36 bits per heavy atom. The van der Waals surface area contributed by atoms with Crippen LogP contribution in [0.25, 0.3) is 0 Å². The van der Waals surface area contributed by atoms with Crippen LogP contribution >= 0.6 is 7.26 Å². The van der Waals surface area contributed by atoms with Crippen molar-refractivity contribution < 1.29 is 33.5 Å². The molecule has 3 aromatic carbocycles. The maximum Gasteiger partial charge on any atom is 0.305 e. The van der Waals surface area contributed by atoms with Gasteiger partial charge in [-0.1, -0.05) is 80.3 Å². The number of benzene rings is 3. The Hall–Kier alpha value is -1.71. The van der Waals surface area contributed by atoms with E-state index in [0.717, 1.165) is 12.8 Å². The van der Waals surface area contributed by atoms with Crippen LogP contribution in [0.5, 0.6) is 0 Å². The maximum absolute atomic E-state index is 11.2. The lowest BCUT2D eigenvalue weighted by Gasteiger charge is -2.27. The van der Waals surface area contributed by atoms with Crippen LogP contribution in [0.15, 0.2) is 91.0 Å². The number of ether oxygens (including phenoxy) is 1. The molecule has 33 heavy (non-hydrogen) atoms. The Labute approximate surface area is 217 Å². The van der Waals surface area contributed by atoms with Crippen LogP contribution in [-0.2, 0) is 9.53 Å². The fourth-order valence-corrected chi connectivity index (χ4v) is 8.90. The summed E-state index contributed by atoms with van der Waals surface area (Å²) in [6.45, 7) is 0. The average molecular weight is 574 g/mol. The Morgan fingerprint density at radius 1 is 0.606 bits per heavy atom. The number of carbonyl (C=O) groups is 1. The molecule has 0 fully saturated rings. The van der Waals surface area contributed by atoms with Crippen molar-refractivity contribution >= 4 is 29.1 Å². The first kappa shape index (κ1) is 27.5. The highest BCUT2D eigenvalue weighted by atomic mass is 127. The molecule has 0 heterocycles. The van der Waals surface area contributed by atoms with E-state index in [-0.39, 0.29) is 29.9 Å². The normalized spacial score (nSPS) is 10.9. The molecular formula is C29H36IO2P. The number of rotatable bonds is 13. The van der Waals surface area contributed by atoms with Gasteiger partial charge in [0, 0.05) is 6.42 Å². The van der Waals surface area contributed by atoms with Gasteiger partial charge in [0.05, 0.1) is 13.3 Å². The van der Waals surface area contributed by atoms with Crippen LogP contribution in [0.1, 0.15) is 51.4 Å². The summed E-state index contributed by atoms with van der Waals surface area (Å²) in [4.78, 5) is 11.2. The number of halogens is 1. The van der Waals surface area contributed by atoms with Crippen LogP contribution in [-0.4, -0.2) is 19.2 Å². The summed E-state index contributed by atoms with van der Waals surface area (Å²) in [5, 5.41) is 4.42. The minimum absolute atomic E-state index is 0. The lowest BCUT2D eigenvalue weighted by molar-refractivity contribution is -0.140. The predicted molar refractivity (Wildman–Crippen MR) is 139 cm³/mol. The molecule has 0 atom stereocenters. The molecule has 0 amide bonds. The zero-order chi connectivity index (χ0) is 22.5. The first-order valence-electron chi connectivity index (χ1n) is 11.9. The first-order chi connectivity index (χ1) is 15.8. The second-order valence-electron chi connectivity index (χ2n) is 8.34. The number of methoxy groups -OCH3 is 1. The van der Waals surface area contributed by atoms with Gasteiger partial charge < -0.3 is 28.7 Å². The molecule has 0 aliphatic carbocycles. The number of hydrogen-bond donors (Lipinski definition) is 0. The smallest absolute Gasteiger partial charge is 0.305 e. The molecule has 0 saturated heterocycles. The zero-order valence-electron chi connectivity index (χ0n) is 19.7. The molecule has 0 aromatic heterocycles. The Balaban J connectivity index is 0.00000385. The van der Waals surface area contributed by atoms with Crippen molar-refractivity contribution in [1.82, 2.24) is 0 Å². The SMILES string of the molecule is COC(=O)CCCCCCCCC[P+](c1ccccc1)(c1ccccc1)c1ccccc1.[I-]. The van der Waals surface area contributed by atoms with Crippen molar-refractivity contribution in [2.24, 2.45) is 0 Å². The second kappa shape index (κ2) is 15.2. The zero-order valence-corrected chi connectivity index (χ0v) is 22.7. The second-order valence-corrected chi connectivity index (χ2v) is 12.0. The average Bonchev–Trinajstić information content (AvgIpc) is 2.87. The molecule has 176 valence electrons. The summed E-state index contributed by atoms with van der Waals surface area (Å²) in [6, 6.07) is 33.4. The van der Waals surface area contributed by atoms with Crippen molar-refractivity contribution in [2.75, 3.05) is 13.3 Å². The molecule has 0 aliphatic rings. The topological polar surface area (TPSA) is 26.3 Å². The molecule has 3 rings (SSSR count). The molecular weight excluding hydrogens is 538 g/mol. The van der Waals surface area contributed by atoms with E-state index in [0.29, 0.717) is 6.42 Å². The van der Waals surface area contributed by atoms with Crippen molar-refractivity contribution in [3.8, 4) is 0 Å². The summed E-state index contributed by atoms with van der Waals surface area (Å²) in [5.41, 5.74) is 0. The highest BCUT2D eigenvalue weighted by Gasteiger charge is 2.44. The van der Waals surface area contributed by atoms with Gasteiger partial charge in [-0.25, -0.2) is 0 Å². The summed E-state index contributed by atoms with van der Waals surface area (Å²) in [7, 11) is -0.222. The highest BCUT2D eigenvalue weighted by Crippen LogP contribution is 2.55. The predicted octanol–water partition coefficient (Wildman–Crippen LogP) is 3.28. The molecule has 0 spiro atoms. The third-order valence-electron chi connectivity index (χ3n) is 6.19. The summed E-state index contributed by atoms with van der Waals surface area (Å²) in [6.07, 6.45) is 10.0. The van der Waals surface area contributed by atoms with Gasteiger partial charge in [-0.15, -0.1) is 0 Å². The minimum Gasteiger partial charge on any atom is -1.00 e. The van der Waals surface area contributed by atoms with Gasteiger partial charge in [-0.3, -0.25) is 4.79 Å². The monoisotopic (exact) mass is 574 g/mol. The largest absolute Gasteiger partial charge is 1.00 e. The molecule has 0 aliphatic heterocycles. The summed E-state index contributed by atoms with van der Waals surface area (Å²) < 4.78 is 4.72. The van der Waals surface area contributed by atoms with Gasteiger partial charge in [0.1, 0.15) is 23.2 Å². The van der Waals surface area contributed by atoms with Crippen LogP contribution in [0.4, 0.5) is 0 Å². The van der Waals surface area contributed by atoms with Gasteiger partial charge >= 0.3 is 5.97 Å². The molecule has 4 heteroatoms. The Morgan fingerprint density at radius 2 is 0.970 bits per heavy atom. The molecule has 2 nitrogen and oxygen atoms in total. The third kappa shape index (κ3) is 7.93. The molecule has 0 N–H and O–H groups in total. The number of carbonyl (C=O) groups excluding carboxylic acids is 1.